The van der Waals surface area contributed by atoms with E-state index >= 15 is 0 Å². The lowest BCUT2D eigenvalue weighted by Gasteiger charge is -2.20. The summed E-state index contributed by atoms with van der Waals surface area (Å²) in [5.41, 5.74) is 2.26. The number of hydrogen-bond acceptors (Lipinski definition) is 3. The van der Waals surface area contributed by atoms with E-state index in [2.05, 4.69) is 53.6 Å². The van der Waals surface area contributed by atoms with Crippen molar-refractivity contribution in [1.82, 2.24) is 19.9 Å². The third-order valence-electron chi connectivity index (χ3n) is 2.91. The summed E-state index contributed by atoms with van der Waals surface area (Å²) in [5, 5.41) is 3.45. The maximum Gasteiger partial charge on any atom is 0.112 e. The van der Waals surface area contributed by atoms with E-state index in [0.29, 0.717) is 0 Å². The van der Waals surface area contributed by atoms with Crippen LogP contribution in [0.5, 0.6) is 0 Å². The zero-order chi connectivity index (χ0) is 13.9. The first-order chi connectivity index (χ1) is 8.99. The van der Waals surface area contributed by atoms with Gasteiger partial charge in [0.05, 0.1) is 11.4 Å². The average Bonchev–Trinajstić information content (AvgIpc) is 2.84. The summed E-state index contributed by atoms with van der Waals surface area (Å²) < 4.78 is 2.11. The van der Waals surface area contributed by atoms with E-state index in [0.717, 1.165) is 30.2 Å². The Morgan fingerprint density at radius 3 is 2.68 bits per heavy atom. The molecule has 0 saturated carbocycles. The monoisotopic (exact) mass is 258 g/mol. The third-order valence-corrected chi connectivity index (χ3v) is 2.91. The number of nitrogens with zero attached hydrogens (tertiary/aromatic N) is 3. The smallest absolute Gasteiger partial charge is 0.112 e. The number of imidazole rings is 1. The maximum atomic E-state index is 4.41. The fraction of sp³-hybridized carbons (Fsp3) is 0.467. The standard InChI is InChI=1S/C15H22N4/c1-5-14-17-8-9-19(14)13-6-7-16-12(10-13)11-18-15(2,3)4/h6-10,18H,5,11H2,1-4H3. The van der Waals surface area contributed by atoms with Crippen LogP contribution in [-0.4, -0.2) is 20.1 Å². The largest absolute Gasteiger partial charge is 0.306 e. The van der Waals surface area contributed by atoms with E-state index in [1.807, 2.05) is 24.7 Å². The highest BCUT2D eigenvalue weighted by molar-refractivity contribution is 5.33. The van der Waals surface area contributed by atoms with Gasteiger partial charge in [0.1, 0.15) is 5.82 Å². The SMILES string of the molecule is CCc1nccn1-c1ccnc(CNC(C)(C)C)c1. The molecule has 0 amide bonds. The second kappa shape index (κ2) is 5.53. The van der Waals surface area contributed by atoms with Crippen molar-refractivity contribution >= 4 is 0 Å². The van der Waals surface area contributed by atoms with Crippen LogP contribution in [0.2, 0.25) is 0 Å². The van der Waals surface area contributed by atoms with Crippen molar-refractivity contribution < 1.29 is 0 Å². The molecule has 0 spiro atoms. The van der Waals surface area contributed by atoms with Gasteiger partial charge >= 0.3 is 0 Å². The molecule has 0 atom stereocenters. The highest BCUT2D eigenvalue weighted by atomic mass is 15.1. The number of aromatic nitrogens is 3. The summed E-state index contributed by atoms with van der Waals surface area (Å²) in [4.78, 5) is 8.76. The Kier molecular flexibility index (Phi) is 4.00. The first kappa shape index (κ1) is 13.7. The Labute approximate surface area is 114 Å². The molecule has 0 bridgehead atoms. The summed E-state index contributed by atoms with van der Waals surface area (Å²) in [5.74, 6) is 1.07. The Hall–Kier alpha value is -1.68. The van der Waals surface area contributed by atoms with Crippen LogP contribution in [0.15, 0.2) is 30.7 Å². The first-order valence-electron chi connectivity index (χ1n) is 6.72. The van der Waals surface area contributed by atoms with Crippen LogP contribution >= 0.6 is 0 Å². The summed E-state index contributed by atoms with van der Waals surface area (Å²) in [6.45, 7) is 9.35. The molecule has 0 fully saturated rings. The molecule has 0 saturated heterocycles. The minimum Gasteiger partial charge on any atom is -0.306 e. The lowest BCUT2D eigenvalue weighted by Crippen LogP contribution is -2.35. The Balaban J connectivity index is 2.20. The summed E-state index contributed by atoms with van der Waals surface area (Å²) in [6, 6.07) is 4.13. The predicted molar refractivity (Wildman–Crippen MR) is 77.3 cm³/mol. The number of hydrogen-bond donors (Lipinski definition) is 1. The lowest BCUT2D eigenvalue weighted by molar-refractivity contribution is 0.421. The molecule has 2 rings (SSSR count). The third kappa shape index (κ3) is 3.64. The minimum atomic E-state index is 0.0985. The van der Waals surface area contributed by atoms with Gasteiger partial charge in [0.2, 0.25) is 0 Å². The average molecular weight is 258 g/mol. The van der Waals surface area contributed by atoms with Crippen molar-refractivity contribution in [3.8, 4) is 5.69 Å². The van der Waals surface area contributed by atoms with Gasteiger partial charge in [-0.05, 0) is 32.9 Å². The van der Waals surface area contributed by atoms with Crippen LogP contribution in [0.4, 0.5) is 0 Å². The molecule has 0 aromatic carbocycles. The van der Waals surface area contributed by atoms with E-state index in [1.165, 1.54) is 0 Å². The molecule has 4 heteroatoms. The van der Waals surface area contributed by atoms with Gasteiger partial charge in [-0.3, -0.25) is 4.98 Å². The van der Waals surface area contributed by atoms with Crippen LogP contribution < -0.4 is 5.32 Å². The lowest BCUT2D eigenvalue weighted by atomic mass is 10.1. The molecule has 0 aliphatic carbocycles. The quantitative estimate of drug-likeness (QED) is 0.917. The molecule has 0 unspecified atom stereocenters. The zero-order valence-electron chi connectivity index (χ0n) is 12.1. The molecule has 19 heavy (non-hydrogen) atoms. The van der Waals surface area contributed by atoms with E-state index in [1.54, 1.807) is 0 Å². The zero-order valence-corrected chi connectivity index (χ0v) is 12.1. The van der Waals surface area contributed by atoms with E-state index in [-0.39, 0.29) is 5.54 Å². The molecular formula is C15H22N4. The molecule has 0 radical (unpaired) electrons. The number of aryl methyl sites for hydroxylation is 1. The highest BCUT2D eigenvalue weighted by Crippen LogP contribution is 2.12. The molecule has 0 aliphatic heterocycles. The van der Waals surface area contributed by atoms with Gasteiger partial charge in [-0.15, -0.1) is 0 Å². The van der Waals surface area contributed by atoms with Crippen molar-refractivity contribution in [3.05, 3.63) is 42.2 Å². The topological polar surface area (TPSA) is 42.7 Å². The van der Waals surface area contributed by atoms with Gasteiger partial charge in [-0.2, -0.15) is 0 Å². The van der Waals surface area contributed by atoms with Crippen molar-refractivity contribution in [1.29, 1.82) is 0 Å². The van der Waals surface area contributed by atoms with Gasteiger partial charge in [-0.25, -0.2) is 4.98 Å². The minimum absolute atomic E-state index is 0.0985. The van der Waals surface area contributed by atoms with Gasteiger partial charge in [0.25, 0.3) is 0 Å². The normalized spacial score (nSPS) is 11.8. The molecule has 2 aromatic heterocycles. The summed E-state index contributed by atoms with van der Waals surface area (Å²) in [7, 11) is 0. The van der Waals surface area contributed by atoms with Crippen molar-refractivity contribution in [2.45, 2.75) is 46.2 Å². The van der Waals surface area contributed by atoms with E-state index < -0.39 is 0 Å². The molecule has 0 aliphatic rings. The van der Waals surface area contributed by atoms with Gasteiger partial charge < -0.3 is 9.88 Å². The second-order valence-corrected chi connectivity index (χ2v) is 5.68. The van der Waals surface area contributed by atoms with Gasteiger partial charge in [0.15, 0.2) is 0 Å². The van der Waals surface area contributed by atoms with Crippen LogP contribution in [-0.2, 0) is 13.0 Å². The molecule has 4 nitrogen and oxygen atoms in total. The van der Waals surface area contributed by atoms with Gasteiger partial charge in [-0.1, -0.05) is 6.92 Å². The van der Waals surface area contributed by atoms with Crippen molar-refractivity contribution in [3.63, 3.8) is 0 Å². The predicted octanol–water partition coefficient (Wildman–Crippen LogP) is 2.72. The second-order valence-electron chi connectivity index (χ2n) is 5.68. The van der Waals surface area contributed by atoms with Crippen LogP contribution in [0.3, 0.4) is 0 Å². The van der Waals surface area contributed by atoms with E-state index in [4.69, 9.17) is 0 Å². The Morgan fingerprint density at radius 2 is 2.00 bits per heavy atom. The Morgan fingerprint density at radius 1 is 1.21 bits per heavy atom. The highest BCUT2D eigenvalue weighted by Gasteiger charge is 2.10. The van der Waals surface area contributed by atoms with Crippen LogP contribution in [0.25, 0.3) is 5.69 Å². The van der Waals surface area contributed by atoms with Crippen LogP contribution in [0.1, 0.15) is 39.2 Å². The first-order valence-corrected chi connectivity index (χ1v) is 6.72. The fourth-order valence-corrected chi connectivity index (χ4v) is 1.90. The molecule has 1 N–H and O–H groups in total. The number of pyridine rings is 1. The van der Waals surface area contributed by atoms with Crippen molar-refractivity contribution in [2.24, 2.45) is 0 Å². The number of nitrogens with one attached hydrogen (secondary N) is 1. The number of rotatable bonds is 4. The molecule has 2 aromatic rings. The summed E-state index contributed by atoms with van der Waals surface area (Å²) in [6.07, 6.45) is 6.61. The van der Waals surface area contributed by atoms with Gasteiger partial charge in [0, 0.05) is 37.1 Å². The molecule has 2 heterocycles. The van der Waals surface area contributed by atoms with Crippen LogP contribution in [0, 0.1) is 0 Å². The Bertz CT molecular complexity index is 537. The maximum absolute atomic E-state index is 4.41. The molecule has 102 valence electrons. The summed E-state index contributed by atoms with van der Waals surface area (Å²) >= 11 is 0. The van der Waals surface area contributed by atoms with E-state index in [9.17, 15) is 0 Å². The van der Waals surface area contributed by atoms with Crippen molar-refractivity contribution in [2.75, 3.05) is 0 Å². The fourth-order valence-electron chi connectivity index (χ4n) is 1.90. The molecular weight excluding hydrogens is 236 g/mol.